The maximum Gasteiger partial charge on any atom is 0.261 e. The zero-order valence-corrected chi connectivity index (χ0v) is 15.2. The first-order chi connectivity index (χ1) is 13.0. The van der Waals surface area contributed by atoms with Crippen molar-refractivity contribution in [1.29, 1.82) is 0 Å². The third kappa shape index (κ3) is 4.62. The summed E-state index contributed by atoms with van der Waals surface area (Å²) in [7, 11) is -2.23. The Labute approximate surface area is 157 Å². The fourth-order valence-electron chi connectivity index (χ4n) is 2.30. The van der Waals surface area contributed by atoms with E-state index in [-0.39, 0.29) is 10.8 Å². The molecule has 0 spiro atoms. The van der Waals surface area contributed by atoms with Crippen LogP contribution in [0.5, 0.6) is 5.75 Å². The highest BCUT2D eigenvalue weighted by molar-refractivity contribution is 7.92. The minimum atomic E-state index is -3.77. The summed E-state index contributed by atoms with van der Waals surface area (Å²) in [5.74, 6) is 0.275. The molecule has 3 aromatic rings. The van der Waals surface area contributed by atoms with Crippen molar-refractivity contribution in [3.05, 3.63) is 78.6 Å². The van der Waals surface area contributed by atoms with Crippen LogP contribution in [0.4, 0.5) is 11.4 Å². The van der Waals surface area contributed by atoms with Gasteiger partial charge in [-0.15, -0.1) is 0 Å². The number of hydrogen-bond donors (Lipinski definition) is 2. The molecule has 0 saturated heterocycles. The highest BCUT2D eigenvalue weighted by atomic mass is 32.2. The molecule has 1 aromatic heterocycles. The minimum Gasteiger partial charge on any atom is -0.497 e. The number of carbonyl (C=O) groups excluding carboxylic acids is 1. The Morgan fingerprint density at radius 3 is 2.26 bits per heavy atom. The molecule has 0 aliphatic carbocycles. The normalized spacial score (nSPS) is 10.9. The maximum atomic E-state index is 12.5. The lowest BCUT2D eigenvalue weighted by atomic mass is 10.2. The number of benzene rings is 2. The summed E-state index contributed by atoms with van der Waals surface area (Å²) in [5.41, 5.74) is 1.30. The molecule has 0 fully saturated rings. The number of nitrogens with one attached hydrogen (secondary N) is 2. The van der Waals surface area contributed by atoms with Gasteiger partial charge in [-0.25, -0.2) is 8.42 Å². The van der Waals surface area contributed by atoms with Gasteiger partial charge in [0.15, 0.2) is 0 Å². The van der Waals surface area contributed by atoms with Crippen molar-refractivity contribution in [2.45, 2.75) is 4.90 Å². The summed E-state index contributed by atoms with van der Waals surface area (Å²) < 4.78 is 32.5. The summed E-state index contributed by atoms with van der Waals surface area (Å²) in [4.78, 5) is 16.2. The first-order valence-corrected chi connectivity index (χ1v) is 9.44. The standard InChI is InChI=1S/C19H17N3O4S/c1-26-17-8-6-15(7-9-17)22-27(24,25)18-10-4-14(5-11-18)19(23)21-16-3-2-12-20-13-16/h2-13,22H,1H3,(H,21,23). The number of rotatable bonds is 6. The molecule has 3 rings (SSSR count). The third-order valence-electron chi connectivity index (χ3n) is 3.69. The predicted octanol–water partition coefficient (Wildman–Crippen LogP) is 3.14. The molecule has 2 aromatic carbocycles. The van der Waals surface area contributed by atoms with Gasteiger partial charge >= 0.3 is 0 Å². The van der Waals surface area contributed by atoms with Gasteiger partial charge in [0.1, 0.15) is 5.75 Å². The number of pyridine rings is 1. The van der Waals surface area contributed by atoms with Gasteiger partial charge in [0.2, 0.25) is 0 Å². The minimum absolute atomic E-state index is 0.0521. The number of sulfonamides is 1. The van der Waals surface area contributed by atoms with E-state index in [1.165, 1.54) is 37.6 Å². The van der Waals surface area contributed by atoms with Crippen LogP contribution in [-0.2, 0) is 10.0 Å². The van der Waals surface area contributed by atoms with Crippen molar-refractivity contribution >= 4 is 27.3 Å². The fraction of sp³-hybridized carbons (Fsp3) is 0.0526. The number of ether oxygens (including phenoxy) is 1. The van der Waals surface area contributed by atoms with Crippen LogP contribution in [-0.4, -0.2) is 26.4 Å². The first-order valence-electron chi connectivity index (χ1n) is 7.96. The molecule has 138 valence electrons. The number of aromatic nitrogens is 1. The van der Waals surface area contributed by atoms with Crippen LogP contribution in [0.25, 0.3) is 0 Å². The maximum absolute atomic E-state index is 12.5. The number of nitrogens with zero attached hydrogens (tertiary/aromatic N) is 1. The lowest BCUT2D eigenvalue weighted by molar-refractivity contribution is 0.102. The topological polar surface area (TPSA) is 97.4 Å². The molecular weight excluding hydrogens is 366 g/mol. The zero-order chi connectivity index (χ0) is 19.3. The lowest BCUT2D eigenvalue weighted by Gasteiger charge is -2.10. The number of carbonyl (C=O) groups is 1. The van der Waals surface area contributed by atoms with E-state index in [0.717, 1.165) is 0 Å². The molecular formula is C19H17N3O4S. The molecule has 0 saturated carbocycles. The highest BCUT2D eigenvalue weighted by Gasteiger charge is 2.15. The van der Waals surface area contributed by atoms with Crippen LogP contribution in [0.2, 0.25) is 0 Å². The van der Waals surface area contributed by atoms with Gasteiger partial charge in [0, 0.05) is 17.4 Å². The number of methoxy groups -OCH3 is 1. The molecule has 0 unspecified atom stereocenters. The van der Waals surface area contributed by atoms with Crippen LogP contribution in [0.1, 0.15) is 10.4 Å². The molecule has 0 aliphatic rings. The molecule has 0 bridgehead atoms. The van der Waals surface area contributed by atoms with E-state index in [4.69, 9.17) is 4.74 Å². The molecule has 1 amide bonds. The summed E-state index contributed by atoms with van der Waals surface area (Å²) >= 11 is 0. The van der Waals surface area contributed by atoms with E-state index < -0.39 is 10.0 Å². The van der Waals surface area contributed by atoms with Crippen molar-refractivity contribution in [3.63, 3.8) is 0 Å². The Bertz CT molecular complexity index is 1020. The Kier molecular flexibility index (Phi) is 5.37. The first kappa shape index (κ1) is 18.4. The zero-order valence-electron chi connectivity index (χ0n) is 14.4. The second kappa shape index (κ2) is 7.88. The Morgan fingerprint density at radius 1 is 0.963 bits per heavy atom. The molecule has 2 N–H and O–H groups in total. The van der Waals surface area contributed by atoms with Crippen LogP contribution in [0.3, 0.4) is 0 Å². The lowest BCUT2D eigenvalue weighted by Crippen LogP contribution is -2.14. The third-order valence-corrected chi connectivity index (χ3v) is 5.09. The van der Waals surface area contributed by atoms with Crippen LogP contribution >= 0.6 is 0 Å². The molecule has 8 heteroatoms. The van der Waals surface area contributed by atoms with Crippen molar-refractivity contribution in [2.75, 3.05) is 17.1 Å². The van der Waals surface area contributed by atoms with Gasteiger partial charge in [-0.3, -0.25) is 14.5 Å². The quantitative estimate of drug-likeness (QED) is 0.681. The van der Waals surface area contributed by atoms with Crippen molar-refractivity contribution in [2.24, 2.45) is 0 Å². The van der Waals surface area contributed by atoms with E-state index in [1.54, 1.807) is 42.6 Å². The fourth-order valence-corrected chi connectivity index (χ4v) is 3.36. The monoisotopic (exact) mass is 383 g/mol. The smallest absolute Gasteiger partial charge is 0.261 e. The molecule has 1 heterocycles. The van der Waals surface area contributed by atoms with E-state index in [2.05, 4.69) is 15.0 Å². The predicted molar refractivity (Wildman–Crippen MR) is 102 cm³/mol. The second-order valence-electron chi connectivity index (χ2n) is 5.55. The van der Waals surface area contributed by atoms with Crippen molar-refractivity contribution in [1.82, 2.24) is 4.98 Å². The summed E-state index contributed by atoms with van der Waals surface area (Å²) in [6.45, 7) is 0. The van der Waals surface area contributed by atoms with Gasteiger partial charge in [0.05, 0.1) is 23.9 Å². The molecule has 7 nitrogen and oxygen atoms in total. The second-order valence-corrected chi connectivity index (χ2v) is 7.24. The largest absolute Gasteiger partial charge is 0.497 e. The summed E-state index contributed by atoms with van der Waals surface area (Å²) in [5, 5.41) is 2.69. The number of amides is 1. The Hall–Kier alpha value is -3.39. The molecule has 27 heavy (non-hydrogen) atoms. The average molecular weight is 383 g/mol. The van der Waals surface area contributed by atoms with Gasteiger partial charge in [-0.05, 0) is 60.7 Å². The van der Waals surface area contributed by atoms with E-state index >= 15 is 0 Å². The molecule has 0 aliphatic heterocycles. The average Bonchev–Trinajstić information content (AvgIpc) is 2.69. The van der Waals surface area contributed by atoms with Crippen molar-refractivity contribution < 1.29 is 17.9 Å². The van der Waals surface area contributed by atoms with E-state index in [9.17, 15) is 13.2 Å². The van der Waals surface area contributed by atoms with E-state index in [0.29, 0.717) is 22.7 Å². The SMILES string of the molecule is COc1ccc(NS(=O)(=O)c2ccc(C(=O)Nc3cccnc3)cc2)cc1. The highest BCUT2D eigenvalue weighted by Crippen LogP contribution is 2.20. The van der Waals surface area contributed by atoms with Crippen LogP contribution < -0.4 is 14.8 Å². The molecule has 0 atom stereocenters. The van der Waals surface area contributed by atoms with Gasteiger partial charge in [0.25, 0.3) is 15.9 Å². The van der Waals surface area contributed by atoms with Crippen LogP contribution in [0, 0.1) is 0 Å². The Morgan fingerprint density at radius 2 is 1.67 bits per heavy atom. The number of hydrogen-bond acceptors (Lipinski definition) is 5. The molecule has 0 radical (unpaired) electrons. The van der Waals surface area contributed by atoms with Crippen molar-refractivity contribution in [3.8, 4) is 5.75 Å². The number of anilines is 2. The summed E-state index contributed by atoms with van der Waals surface area (Å²) in [6.07, 6.45) is 3.13. The van der Waals surface area contributed by atoms with Gasteiger partial charge < -0.3 is 10.1 Å². The van der Waals surface area contributed by atoms with Gasteiger partial charge in [-0.2, -0.15) is 0 Å². The van der Waals surface area contributed by atoms with E-state index in [1.807, 2.05) is 0 Å². The Balaban J connectivity index is 1.72. The van der Waals surface area contributed by atoms with Gasteiger partial charge in [-0.1, -0.05) is 0 Å². The van der Waals surface area contributed by atoms with Crippen LogP contribution in [0.15, 0.2) is 78.0 Å². The summed E-state index contributed by atoms with van der Waals surface area (Å²) in [6, 6.07) is 15.6.